The summed E-state index contributed by atoms with van der Waals surface area (Å²) in [6, 6.07) is 9.04. The first kappa shape index (κ1) is 18.4. The van der Waals surface area contributed by atoms with Gasteiger partial charge in [-0.3, -0.25) is 4.79 Å². The van der Waals surface area contributed by atoms with Crippen LogP contribution in [-0.4, -0.2) is 41.2 Å². The van der Waals surface area contributed by atoms with Gasteiger partial charge in [0.05, 0.1) is 6.54 Å². The summed E-state index contributed by atoms with van der Waals surface area (Å²) in [6.45, 7) is 0.901. The van der Waals surface area contributed by atoms with E-state index in [0.29, 0.717) is 42.8 Å². The Bertz CT molecular complexity index is 834. The number of carbonyl (C=O) groups excluding carboxylic acids is 1. The average molecular weight is 392 g/mol. The summed E-state index contributed by atoms with van der Waals surface area (Å²) < 4.78 is 11.2. The number of carbonyl (C=O) groups is 1. The molecule has 3 rings (SSSR count). The van der Waals surface area contributed by atoms with E-state index in [4.69, 9.17) is 20.8 Å². The van der Waals surface area contributed by atoms with Gasteiger partial charge in [-0.15, -0.1) is 10.2 Å². The highest BCUT2D eigenvalue weighted by Gasteiger charge is 2.13. The number of likely N-dealkylation sites (N-methyl/N-ethyl adjacent to an activating group) is 1. The van der Waals surface area contributed by atoms with Gasteiger partial charge in [0, 0.05) is 35.9 Å². The highest BCUT2D eigenvalue weighted by molar-refractivity contribution is 7.08. The molecule has 1 amide bonds. The van der Waals surface area contributed by atoms with Crippen LogP contribution in [0.15, 0.2) is 45.5 Å². The Morgan fingerprint density at radius 3 is 2.81 bits per heavy atom. The quantitative estimate of drug-likeness (QED) is 0.582. The number of rotatable bonds is 8. The molecule has 6 nitrogen and oxygen atoms in total. The topological polar surface area (TPSA) is 68.5 Å². The maximum Gasteiger partial charge on any atom is 0.248 e. The van der Waals surface area contributed by atoms with E-state index in [-0.39, 0.29) is 5.91 Å². The lowest BCUT2D eigenvalue weighted by Gasteiger charge is -2.17. The molecule has 2 aromatic heterocycles. The minimum atomic E-state index is -0.00000976. The first-order valence-corrected chi connectivity index (χ1v) is 9.41. The van der Waals surface area contributed by atoms with Crippen molar-refractivity contribution >= 4 is 28.8 Å². The highest BCUT2D eigenvalue weighted by atomic mass is 35.5. The molecule has 3 aromatic rings. The van der Waals surface area contributed by atoms with Crippen molar-refractivity contribution in [1.29, 1.82) is 0 Å². The Labute approximate surface area is 160 Å². The molecular formula is C18H18ClN3O3S. The van der Waals surface area contributed by atoms with Gasteiger partial charge < -0.3 is 14.1 Å². The van der Waals surface area contributed by atoms with Crippen molar-refractivity contribution in [1.82, 2.24) is 15.1 Å². The lowest BCUT2D eigenvalue weighted by molar-refractivity contribution is -0.130. The zero-order valence-corrected chi connectivity index (χ0v) is 15.8. The molecule has 0 saturated heterocycles. The molecule has 136 valence electrons. The molecule has 2 heterocycles. The first-order chi connectivity index (χ1) is 12.6. The van der Waals surface area contributed by atoms with Gasteiger partial charge in [0.1, 0.15) is 12.4 Å². The smallest absolute Gasteiger partial charge is 0.248 e. The molecule has 0 unspecified atom stereocenters. The van der Waals surface area contributed by atoms with Crippen LogP contribution in [0.1, 0.15) is 12.3 Å². The third kappa shape index (κ3) is 5.06. The van der Waals surface area contributed by atoms with Crippen molar-refractivity contribution < 1.29 is 13.9 Å². The molecule has 0 N–H and O–H groups in total. The minimum Gasteiger partial charge on any atom is -0.492 e. The van der Waals surface area contributed by atoms with Crippen LogP contribution in [0.3, 0.4) is 0 Å². The summed E-state index contributed by atoms with van der Waals surface area (Å²) >= 11 is 7.39. The maximum absolute atomic E-state index is 12.2. The van der Waals surface area contributed by atoms with E-state index in [1.54, 1.807) is 47.5 Å². The predicted octanol–water partition coefficient (Wildman–Crippen LogP) is 3.92. The minimum absolute atomic E-state index is 0.00000976. The van der Waals surface area contributed by atoms with Crippen molar-refractivity contribution in [2.45, 2.75) is 12.8 Å². The number of thiophene rings is 1. The molecule has 0 radical (unpaired) electrons. The summed E-state index contributed by atoms with van der Waals surface area (Å²) in [5.41, 5.74) is 0.900. The summed E-state index contributed by atoms with van der Waals surface area (Å²) in [5, 5.41) is 12.6. The van der Waals surface area contributed by atoms with Crippen molar-refractivity contribution in [2.24, 2.45) is 0 Å². The largest absolute Gasteiger partial charge is 0.492 e. The molecule has 0 aliphatic heterocycles. The van der Waals surface area contributed by atoms with E-state index < -0.39 is 0 Å². The van der Waals surface area contributed by atoms with Gasteiger partial charge in [-0.25, -0.2) is 0 Å². The Morgan fingerprint density at radius 1 is 1.27 bits per heavy atom. The van der Waals surface area contributed by atoms with E-state index in [9.17, 15) is 4.79 Å². The highest BCUT2D eigenvalue weighted by Crippen LogP contribution is 2.21. The Kier molecular flexibility index (Phi) is 6.25. The van der Waals surface area contributed by atoms with Crippen LogP contribution < -0.4 is 4.74 Å². The fraction of sp³-hybridized carbons (Fsp3) is 0.278. The lowest BCUT2D eigenvalue weighted by Crippen LogP contribution is -2.31. The third-order valence-corrected chi connectivity index (χ3v) is 4.66. The second-order valence-corrected chi connectivity index (χ2v) is 6.85. The molecule has 0 spiro atoms. The predicted molar refractivity (Wildman–Crippen MR) is 101 cm³/mol. The molecule has 0 aliphatic carbocycles. The average Bonchev–Trinajstić information content (AvgIpc) is 3.32. The van der Waals surface area contributed by atoms with Gasteiger partial charge in [0.2, 0.25) is 17.7 Å². The van der Waals surface area contributed by atoms with Crippen molar-refractivity contribution in [3.8, 4) is 17.2 Å². The molecular weight excluding hydrogens is 374 g/mol. The van der Waals surface area contributed by atoms with Gasteiger partial charge >= 0.3 is 0 Å². The second-order valence-electron chi connectivity index (χ2n) is 5.63. The lowest BCUT2D eigenvalue weighted by atomic mass is 10.3. The number of aromatic nitrogens is 2. The van der Waals surface area contributed by atoms with E-state index in [2.05, 4.69) is 10.2 Å². The van der Waals surface area contributed by atoms with E-state index >= 15 is 0 Å². The number of ether oxygens (including phenoxy) is 1. The van der Waals surface area contributed by atoms with Crippen molar-refractivity contribution in [3.63, 3.8) is 0 Å². The maximum atomic E-state index is 12.2. The fourth-order valence-electron chi connectivity index (χ4n) is 2.22. The normalized spacial score (nSPS) is 10.7. The van der Waals surface area contributed by atoms with Crippen molar-refractivity contribution in [2.75, 3.05) is 20.2 Å². The van der Waals surface area contributed by atoms with Gasteiger partial charge in [0.25, 0.3) is 0 Å². The molecule has 0 fully saturated rings. The van der Waals surface area contributed by atoms with Gasteiger partial charge in [0.15, 0.2) is 0 Å². The van der Waals surface area contributed by atoms with E-state index in [1.165, 1.54) is 0 Å². The Balaban J connectivity index is 1.40. The van der Waals surface area contributed by atoms with Crippen LogP contribution >= 0.6 is 22.9 Å². The van der Waals surface area contributed by atoms with Crippen LogP contribution in [0, 0.1) is 0 Å². The molecule has 0 aliphatic rings. The van der Waals surface area contributed by atoms with Crippen LogP contribution in [0.5, 0.6) is 5.75 Å². The molecule has 26 heavy (non-hydrogen) atoms. The van der Waals surface area contributed by atoms with E-state index in [0.717, 1.165) is 11.3 Å². The number of amides is 1. The van der Waals surface area contributed by atoms with Crippen LogP contribution in [-0.2, 0) is 11.2 Å². The number of nitrogens with zero attached hydrogens (tertiary/aromatic N) is 3. The number of hydrogen-bond acceptors (Lipinski definition) is 6. The molecule has 8 heteroatoms. The Hall–Kier alpha value is -2.38. The Morgan fingerprint density at radius 2 is 2.08 bits per heavy atom. The third-order valence-electron chi connectivity index (χ3n) is 3.72. The zero-order chi connectivity index (χ0) is 18.4. The monoisotopic (exact) mass is 391 g/mol. The summed E-state index contributed by atoms with van der Waals surface area (Å²) in [5.74, 6) is 1.67. The number of benzene rings is 1. The summed E-state index contributed by atoms with van der Waals surface area (Å²) in [7, 11) is 1.75. The van der Waals surface area contributed by atoms with Gasteiger partial charge in [-0.2, -0.15) is 11.3 Å². The van der Waals surface area contributed by atoms with Crippen molar-refractivity contribution in [3.05, 3.63) is 52.0 Å². The zero-order valence-electron chi connectivity index (χ0n) is 14.2. The van der Waals surface area contributed by atoms with Gasteiger partial charge in [-0.05, 0) is 35.7 Å². The standard InChI is InChI=1S/C18H18ClN3O3S/c1-22(9-10-24-15-4-2-14(19)3-5-15)17(23)7-6-16-20-21-18(25-16)13-8-11-26-12-13/h2-5,8,11-12H,6-7,9-10H2,1H3. The SMILES string of the molecule is CN(CCOc1ccc(Cl)cc1)C(=O)CCc1nnc(-c2ccsc2)o1. The second kappa shape index (κ2) is 8.82. The number of halogens is 1. The molecule has 0 saturated carbocycles. The van der Waals surface area contributed by atoms with Crippen LogP contribution in [0.2, 0.25) is 5.02 Å². The number of aryl methyl sites for hydroxylation is 1. The van der Waals surface area contributed by atoms with Gasteiger partial charge in [-0.1, -0.05) is 11.6 Å². The summed E-state index contributed by atoms with van der Waals surface area (Å²) in [4.78, 5) is 13.8. The summed E-state index contributed by atoms with van der Waals surface area (Å²) in [6.07, 6.45) is 0.723. The number of hydrogen-bond donors (Lipinski definition) is 0. The van der Waals surface area contributed by atoms with Crippen LogP contribution in [0.4, 0.5) is 0 Å². The van der Waals surface area contributed by atoms with E-state index in [1.807, 2.05) is 16.8 Å². The molecule has 0 atom stereocenters. The first-order valence-electron chi connectivity index (χ1n) is 8.09. The van der Waals surface area contributed by atoms with Crippen LogP contribution in [0.25, 0.3) is 11.5 Å². The molecule has 1 aromatic carbocycles. The fourth-order valence-corrected chi connectivity index (χ4v) is 2.97. The molecule has 0 bridgehead atoms.